The van der Waals surface area contributed by atoms with Crippen LogP contribution in [0.15, 0.2) is 17.1 Å². The molecule has 2 N–H and O–H groups in total. The van der Waals surface area contributed by atoms with E-state index < -0.39 is 12.1 Å². The van der Waals surface area contributed by atoms with Crippen molar-refractivity contribution in [2.45, 2.75) is 6.04 Å². The van der Waals surface area contributed by atoms with E-state index in [1.807, 2.05) is 0 Å². The van der Waals surface area contributed by atoms with E-state index in [4.69, 9.17) is 33.2 Å². The lowest BCUT2D eigenvalue weighted by Crippen LogP contribution is -2.33. The third-order valence-electron chi connectivity index (χ3n) is 3.13. The van der Waals surface area contributed by atoms with Crippen LogP contribution in [-0.2, 0) is 0 Å². The molecule has 6 nitrogen and oxygen atoms in total. The number of rotatable bonds is 4. The van der Waals surface area contributed by atoms with E-state index in [0.29, 0.717) is 22.1 Å². The van der Waals surface area contributed by atoms with Gasteiger partial charge in [0.25, 0.3) is 0 Å². The van der Waals surface area contributed by atoms with Crippen LogP contribution in [-0.4, -0.2) is 37.5 Å². The average molecular weight is 308 g/mol. The summed E-state index contributed by atoms with van der Waals surface area (Å²) < 4.78 is 10.4. The van der Waals surface area contributed by atoms with Crippen molar-refractivity contribution >= 4 is 23.5 Å². The van der Waals surface area contributed by atoms with Crippen molar-refractivity contribution in [3.63, 3.8) is 0 Å². The van der Waals surface area contributed by atoms with Crippen molar-refractivity contribution in [3.8, 4) is 23.8 Å². The average Bonchev–Trinajstić information content (AvgIpc) is 2.73. The van der Waals surface area contributed by atoms with Gasteiger partial charge in [-0.1, -0.05) is 23.6 Å². The first kappa shape index (κ1) is 15.0. The molecule has 1 unspecified atom stereocenters. The number of hydrogen-bond donors (Lipinski definition) is 1. The fourth-order valence-electron chi connectivity index (χ4n) is 2.21. The van der Waals surface area contributed by atoms with Crippen LogP contribution in [0.1, 0.15) is 11.6 Å². The van der Waals surface area contributed by atoms with Crippen molar-refractivity contribution < 1.29 is 14.3 Å². The molecule has 0 aliphatic carbocycles. The van der Waals surface area contributed by atoms with Gasteiger partial charge < -0.3 is 15.2 Å². The maximum absolute atomic E-state index is 11.8. The highest BCUT2D eigenvalue weighted by molar-refractivity contribution is 6.33. The third-order valence-corrected chi connectivity index (χ3v) is 3.52. The standard InChI is InChI=1S/C14H14ClN3O3/c1-4-7-18-11(13(16)17-14(18)19)8-5-6-9(20-2)12(21-3)10(8)15/h1,5-6,11H,7H2,2-3H3,(H2,16,17,19). The number of terminal acetylenes is 1. The van der Waals surface area contributed by atoms with Gasteiger partial charge in [0.05, 0.1) is 25.8 Å². The predicted octanol–water partition coefficient (Wildman–Crippen LogP) is 1.82. The Labute approximate surface area is 127 Å². The fourth-order valence-corrected chi connectivity index (χ4v) is 2.54. The van der Waals surface area contributed by atoms with E-state index in [0.717, 1.165) is 0 Å². The van der Waals surface area contributed by atoms with Crippen LogP contribution in [0.4, 0.5) is 4.79 Å². The molecular weight excluding hydrogens is 294 g/mol. The number of aliphatic imine (C=N–C) groups is 1. The number of carbonyl (C=O) groups is 1. The molecule has 0 aromatic heterocycles. The normalized spacial score (nSPS) is 17.4. The minimum atomic E-state index is -0.610. The molecule has 7 heteroatoms. The minimum absolute atomic E-state index is 0.0817. The zero-order valence-corrected chi connectivity index (χ0v) is 12.3. The second kappa shape index (κ2) is 5.94. The molecule has 1 aromatic carbocycles. The van der Waals surface area contributed by atoms with Crippen LogP contribution < -0.4 is 15.2 Å². The SMILES string of the molecule is C#CCN1C(=O)N=C(N)C1c1ccc(OC)c(OC)c1Cl. The van der Waals surface area contributed by atoms with Crippen LogP contribution in [0.25, 0.3) is 0 Å². The van der Waals surface area contributed by atoms with Crippen LogP contribution in [0.2, 0.25) is 5.02 Å². The van der Waals surface area contributed by atoms with Gasteiger partial charge in [0, 0.05) is 5.56 Å². The largest absolute Gasteiger partial charge is 0.493 e. The summed E-state index contributed by atoms with van der Waals surface area (Å²) in [6, 6.07) is 2.30. The molecule has 0 fully saturated rings. The summed E-state index contributed by atoms with van der Waals surface area (Å²) in [6.45, 7) is 0.0817. The number of benzene rings is 1. The second-order valence-corrected chi connectivity index (χ2v) is 4.64. The number of amidine groups is 1. The Bertz CT molecular complexity index is 652. The summed E-state index contributed by atoms with van der Waals surface area (Å²) in [4.78, 5) is 16.9. The summed E-state index contributed by atoms with van der Waals surface area (Å²) in [5, 5.41) is 0.303. The van der Waals surface area contributed by atoms with Gasteiger partial charge in [-0.2, -0.15) is 4.99 Å². The molecule has 1 heterocycles. The van der Waals surface area contributed by atoms with E-state index in [-0.39, 0.29) is 12.4 Å². The number of nitrogens with zero attached hydrogens (tertiary/aromatic N) is 2. The van der Waals surface area contributed by atoms with Gasteiger partial charge in [-0.15, -0.1) is 6.42 Å². The molecule has 0 spiro atoms. The van der Waals surface area contributed by atoms with E-state index in [1.54, 1.807) is 12.1 Å². The third kappa shape index (κ3) is 2.48. The summed E-state index contributed by atoms with van der Waals surface area (Å²) >= 11 is 6.35. The zero-order chi connectivity index (χ0) is 15.6. The van der Waals surface area contributed by atoms with Gasteiger partial charge in [-0.3, -0.25) is 4.90 Å². The molecule has 1 aliphatic heterocycles. The van der Waals surface area contributed by atoms with E-state index in [9.17, 15) is 4.79 Å². The summed E-state index contributed by atoms with van der Waals surface area (Å²) in [5.41, 5.74) is 6.42. The Morgan fingerprint density at radius 1 is 1.48 bits per heavy atom. The van der Waals surface area contributed by atoms with Crippen molar-refractivity contribution in [1.82, 2.24) is 4.90 Å². The Balaban J connectivity index is 2.53. The molecular formula is C14H14ClN3O3. The van der Waals surface area contributed by atoms with Crippen molar-refractivity contribution in [2.75, 3.05) is 20.8 Å². The summed E-state index contributed by atoms with van der Waals surface area (Å²) in [5.74, 6) is 3.40. The van der Waals surface area contributed by atoms with Crippen LogP contribution in [0.3, 0.4) is 0 Å². The number of nitrogens with two attached hydrogens (primary N) is 1. The number of hydrogen-bond acceptors (Lipinski definition) is 4. The van der Waals surface area contributed by atoms with Gasteiger partial charge in [0.1, 0.15) is 11.9 Å². The lowest BCUT2D eigenvalue weighted by Gasteiger charge is -2.24. The highest BCUT2D eigenvalue weighted by Crippen LogP contribution is 2.42. The van der Waals surface area contributed by atoms with Gasteiger partial charge in [-0.05, 0) is 6.07 Å². The van der Waals surface area contributed by atoms with Gasteiger partial charge in [0.15, 0.2) is 11.5 Å². The minimum Gasteiger partial charge on any atom is -0.493 e. The molecule has 21 heavy (non-hydrogen) atoms. The Kier molecular flexibility index (Phi) is 4.24. The lowest BCUT2D eigenvalue weighted by atomic mass is 10.0. The molecule has 2 amide bonds. The first-order valence-corrected chi connectivity index (χ1v) is 6.41. The van der Waals surface area contributed by atoms with E-state index >= 15 is 0 Å². The molecule has 0 radical (unpaired) electrons. The monoisotopic (exact) mass is 307 g/mol. The first-order valence-electron chi connectivity index (χ1n) is 6.03. The van der Waals surface area contributed by atoms with Crippen molar-refractivity contribution in [3.05, 3.63) is 22.7 Å². The zero-order valence-electron chi connectivity index (χ0n) is 11.6. The van der Waals surface area contributed by atoms with E-state index in [1.165, 1.54) is 19.1 Å². The first-order chi connectivity index (χ1) is 10.0. The second-order valence-electron chi connectivity index (χ2n) is 4.26. The summed E-state index contributed by atoms with van der Waals surface area (Å²) in [7, 11) is 2.98. The topological polar surface area (TPSA) is 77.2 Å². The maximum Gasteiger partial charge on any atom is 0.346 e. The van der Waals surface area contributed by atoms with Crippen molar-refractivity contribution in [1.29, 1.82) is 0 Å². The highest BCUT2D eigenvalue weighted by atomic mass is 35.5. The van der Waals surface area contributed by atoms with Crippen molar-refractivity contribution in [2.24, 2.45) is 10.7 Å². The number of urea groups is 1. The van der Waals surface area contributed by atoms with Gasteiger partial charge in [-0.25, -0.2) is 4.79 Å². The Hall–Kier alpha value is -2.39. The molecule has 0 saturated heterocycles. The maximum atomic E-state index is 11.8. The van der Waals surface area contributed by atoms with Crippen LogP contribution in [0, 0.1) is 12.3 Å². The fraction of sp³-hybridized carbons (Fsp3) is 0.286. The number of methoxy groups -OCH3 is 2. The lowest BCUT2D eigenvalue weighted by molar-refractivity contribution is 0.213. The molecule has 1 atom stereocenters. The number of ether oxygens (including phenoxy) is 2. The quantitative estimate of drug-likeness (QED) is 0.861. The predicted molar refractivity (Wildman–Crippen MR) is 79.9 cm³/mol. The van der Waals surface area contributed by atoms with Gasteiger partial charge in [0.2, 0.25) is 0 Å². The van der Waals surface area contributed by atoms with Gasteiger partial charge >= 0.3 is 6.03 Å². The Morgan fingerprint density at radius 2 is 2.19 bits per heavy atom. The number of amides is 2. The molecule has 0 saturated carbocycles. The number of halogens is 1. The van der Waals surface area contributed by atoms with E-state index in [2.05, 4.69) is 10.9 Å². The molecule has 2 rings (SSSR count). The molecule has 1 aliphatic rings. The van der Waals surface area contributed by atoms with Crippen LogP contribution in [0.5, 0.6) is 11.5 Å². The highest BCUT2D eigenvalue weighted by Gasteiger charge is 2.36. The smallest absolute Gasteiger partial charge is 0.346 e. The van der Waals surface area contributed by atoms with Crippen LogP contribution >= 0.6 is 11.6 Å². The summed E-state index contributed by atoms with van der Waals surface area (Å²) in [6.07, 6.45) is 5.28. The molecule has 110 valence electrons. The molecule has 1 aromatic rings. The Morgan fingerprint density at radius 3 is 2.76 bits per heavy atom. The molecule has 0 bridgehead atoms. The number of carbonyl (C=O) groups excluding carboxylic acids is 1.